The minimum atomic E-state index is 0. The molecule has 0 amide bonds. The predicted molar refractivity (Wildman–Crippen MR) is 167 cm³/mol. The fourth-order valence-electron chi connectivity index (χ4n) is 6.00. The smallest absolute Gasteiger partial charge is 0.162 e. The average molecular weight is 795 g/mol. The van der Waals surface area contributed by atoms with Crippen LogP contribution in [-0.2, 0) is 25.9 Å². The first-order valence-electron chi connectivity index (χ1n) is 14.1. The van der Waals surface area contributed by atoms with Crippen molar-refractivity contribution >= 4 is 36.3 Å². The summed E-state index contributed by atoms with van der Waals surface area (Å²) in [6.07, 6.45) is 7.32. The molecule has 0 aromatic heterocycles. The van der Waals surface area contributed by atoms with E-state index in [2.05, 4.69) is 64.4 Å². The number of nitrogens with one attached hydrogen (secondary N) is 1. The normalized spacial score (nSPS) is 16.0. The first-order valence-corrected chi connectivity index (χ1v) is 14.1. The molecule has 0 unspecified atom stereocenters. The number of halogens is 2. The summed E-state index contributed by atoms with van der Waals surface area (Å²) in [7, 11) is 0. The van der Waals surface area contributed by atoms with E-state index in [0.717, 1.165) is 76.4 Å². The molecule has 1 N–H and O–H groups in total. The number of carbonyl (C=O) groups is 1. The summed E-state index contributed by atoms with van der Waals surface area (Å²) in [4.78, 5) is 18.1. The predicted octanol–water partition coefficient (Wildman–Crippen LogP) is 8.08. The molecule has 0 atom stereocenters. The standard InChI is InChI=1S/C33H40N3O.Ac.2ClH/c34-32-10-4-9-28(22-32)25-35-18-14-26(15-19-35)8-5-11-33(37)31-13-12-29-16-20-36(21-17-30(29)23-31)24-27-6-2-1-3-7-27;;;/h1-4,6-7,9-10,12-13,22-23,26,34H,5,8,11,14-21,24-25H2;;2*1H/q-1;;;. The molecule has 2 aliphatic heterocycles. The van der Waals surface area contributed by atoms with Gasteiger partial charge in [-0.1, -0.05) is 66.7 Å². The molecule has 3 aromatic rings. The van der Waals surface area contributed by atoms with E-state index in [0.29, 0.717) is 17.9 Å². The Morgan fingerprint density at radius 2 is 1.40 bits per heavy atom. The molecule has 2 heterocycles. The Labute approximate surface area is 288 Å². The summed E-state index contributed by atoms with van der Waals surface area (Å²) in [6.45, 7) is 6.30. The van der Waals surface area contributed by atoms with Crippen LogP contribution in [0.25, 0.3) is 5.73 Å². The third-order valence-electron chi connectivity index (χ3n) is 8.23. The minimum absolute atomic E-state index is 0. The summed E-state index contributed by atoms with van der Waals surface area (Å²) in [6, 6.07) is 25.1. The molecule has 0 aliphatic carbocycles. The zero-order valence-electron chi connectivity index (χ0n) is 23.4. The summed E-state index contributed by atoms with van der Waals surface area (Å²) < 4.78 is 0. The van der Waals surface area contributed by atoms with Crippen LogP contribution in [0, 0.1) is 50.0 Å². The molecule has 7 heteroatoms. The third-order valence-corrected chi connectivity index (χ3v) is 8.23. The Kier molecular flexibility index (Phi) is 15.8. The van der Waals surface area contributed by atoms with E-state index in [4.69, 9.17) is 5.73 Å². The number of likely N-dealkylation sites (tertiary alicyclic amines) is 1. The van der Waals surface area contributed by atoms with E-state index in [1.807, 2.05) is 18.2 Å². The molecule has 0 saturated carbocycles. The maximum atomic E-state index is 13.0. The molecule has 213 valence electrons. The molecular formula is C33H42AcCl2N3O-. The van der Waals surface area contributed by atoms with E-state index in [9.17, 15) is 4.79 Å². The van der Waals surface area contributed by atoms with Crippen molar-refractivity contribution in [2.75, 3.05) is 26.2 Å². The Bertz CT molecular complexity index is 1190. The molecule has 4 nitrogen and oxygen atoms in total. The number of Topliss-reactive ketones (excluding diaryl/α,β-unsaturated/α-hetero) is 1. The van der Waals surface area contributed by atoms with Gasteiger partial charge in [0.05, 0.1) is 0 Å². The zero-order chi connectivity index (χ0) is 25.5. The van der Waals surface area contributed by atoms with Crippen LogP contribution in [0.4, 0.5) is 5.69 Å². The van der Waals surface area contributed by atoms with E-state index in [1.54, 1.807) is 0 Å². The van der Waals surface area contributed by atoms with Crippen LogP contribution >= 0.6 is 24.8 Å². The molecule has 2 aliphatic rings. The molecule has 1 fully saturated rings. The van der Waals surface area contributed by atoms with Gasteiger partial charge >= 0.3 is 0 Å². The number of hydrogen-bond donors (Lipinski definition) is 0. The van der Waals surface area contributed by atoms with Crippen LogP contribution in [0.5, 0.6) is 0 Å². The van der Waals surface area contributed by atoms with Gasteiger partial charge in [-0.05, 0) is 85.9 Å². The van der Waals surface area contributed by atoms with Gasteiger partial charge in [-0.3, -0.25) is 14.6 Å². The van der Waals surface area contributed by atoms with Crippen LogP contribution in [0.2, 0.25) is 0 Å². The number of piperidine rings is 1. The van der Waals surface area contributed by atoms with Crippen molar-refractivity contribution in [2.24, 2.45) is 5.92 Å². The van der Waals surface area contributed by atoms with E-state index in [-0.39, 0.29) is 68.9 Å². The SMILES string of the molecule is Cl.Cl.[Ac].[NH-]c1cccc(CN2CCC(CCCC(=O)c3ccc4c(c3)CCN(Cc3ccccc3)CC4)CC2)c1. The maximum Gasteiger partial charge on any atom is 0.162 e. The third kappa shape index (κ3) is 10.4. The van der Waals surface area contributed by atoms with Gasteiger partial charge in [0.25, 0.3) is 0 Å². The monoisotopic (exact) mass is 793 g/mol. The van der Waals surface area contributed by atoms with Gasteiger partial charge in [-0.15, -0.1) is 30.5 Å². The van der Waals surface area contributed by atoms with Crippen LogP contribution in [-0.4, -0.2) is 41.8 Å². The van der Waals surface area contributed by atoms with Gasteiger partial charge < -0.3 is 5.73 Å². The van der Waals surface area contributed by atoms with Gasteiger partial charge in [-0.25, -0.2) is 0 Å². The Balaban J connectivity index is 0.00000187. The number of nitrogens with zero attached hydrogens (tertiary/aromatic N) is 2. The van der Waals surface area contributed by atoms with Gasteiger partial charge in [0.1, 0.15) is 0 Å². The summed E-state index contributed by atoms with van der Waals surface area (Å²) in [5.74, 6) is 1.04. The van der Waals surface area contributed by atoms with E-state index < -0.39 is 0 Å². The summed E-state index contributed by atoms with van der Waals surface area (Å²) >= 11 is 0. The Morgan fingerprint density at radius 1 is 0.750 bits per heavy atom. The van der Waals surface area contributed by atoms with Crippen molar-refractivity contribution in [2.45, 2.75) is 58.0 Å². The second-order valence-electron chi connectivity index (χ2n) is 11.0. The van der Waals surface area contributed by atoms with E-state index >= 15 is 0 Å². The molecular weight excluding hydrogens is 752 g/mol. The number of carbonyl (C=O) groups excluding carboxylic acids is 1. The molecule has 5 rings (SSSR count). The van der Waals surface area contributed by atoms with Crippen LogP contribution in [0.1, 0.15) is 64.7 Å². The number of hydrogen-bond acceptors (Lipinski definition) is 3. The van der Waals surface area contributed by atoms with Crippen molar-refractivity contribution in [3.63, 3.8) is 0 Å². The molecule has 1 radical (unpaired) electrons. The van der Waals surface area contributed by atoms with Crippen molar-refractivity contribution in [3.05, 3.63) is 106 Å². The van der Waals surface area contributed by atoms with Crippen LogP contribution in [0.3, 0.4) is 0 Å². The molecule has 0 bridgehead atoms. The number of ketones is 1. The number of rotatable bonds is 9. The van der Waals surface area contributed by atoms with Crippen molar-refractivity contribution < 1.29 is 48.9 Å². The fraction of sp³-hybridized carbons (Fsp3) is 0.424. The summed E-state index contributed by atoms with van der Waals surface area (Å²) in [5.41, 5.74) is 14.7. The molecule has 40 heavy (non-hydrogen) atoms. The first kappa shape index (κ1) is 35.3. The molecule has 0 spiro atoms. The second kappa shape index (κ2) is 17.9. The molecule has 3 aromatic carbocycles. The number of fused-ring (bicyclic) bond motifs is 1. The first-order chi connectivity index (χ1) is 18.1. The summed E-state index contributed by atoms with van der Waals surface area (Å²) in [5, 5.41) is 0. The van der Waals surface area contributed by atoms with Gasteiger partial charge in [-0.2, -0.15) is 0 Å². The van der Waals surface area contributed by atoms with Crippen molar-refractivity contribution in [1.82, 2.24) is 9.80 Å². The van der Waals surface area contributed by atoms with E-state index in [1.165, 1.54) is 35.1 Å². The minimum Gasteiger partial charge on any atom is -0.699 e. The van der Waals surface area contributed by atoms with Gasteiger partial charge in [0.2, 0.25) is 0 Å². The van der Waals surface area contributed by atoms with Crippen molar-refractivity contribution in [3.8, 4) is 0 Å². The van der Waals surface area contributed by atoms with Gasteiger partial charge in [0.15, 0.2) is 5.78 Å². The quantitative estimate of drug-likeness (QED) is 0.206. The maximum absolute atomic E-state index is 13.0. The number of benzene rings is 3. The zero-order valence-corrected chi connectivity index (χ0v) is 29.8. The Hall–Kier alpha value is -0.928. The topological polar surface area (TPSA) is 47.4 Å². The Morgan fingerprint density at radius 3 is 2.12 bits per heavy atom. The second-order valence-corrected chi connectivity index (χ2v) is 11.0. The van der Waals surface area contributed by atoms with Gasteiger partial charge in [0, 0.05) is 82.2 Å². The van der Waals surface area contributed by atoms with Crippen LogP contribution < -0.4 is 0 Å². The fourth-order valence-corrected chi connectivity index (χ4v) is 6.00. The average Bonchev–Trinajstić information content (AvgIpc) is 3.12. The largest absolute Gasteiger partial charge is 0.699 e. The molecule has 1 saturated heterocycles. The van der Waals surface area contributed by atoms with Crippen molar-refractivity contribution in [1.29, 1.82) is 0 Å². The van der Waals surface area contributed by atoms with Crippen LogP contribution in [0.15, 0.2) is 72.8 Å².